The van der Waals surface area contributed by atoms with Gasteiger partial charge in [-0.05, 0) is 35.5 Å². The van der Waals surface area contributed by atoms with Crippen molar-refractivity contribution in [1.82, 2.24) is 5.32 Å². The van der Waals surface area contributed by atoms with Crippen LogP contribution in [0.15, 0.2) is 28.1 Å². The Morgan fingerprint density at radius 3 is 2.71 bits per heavy atom. The van der Waals surface area contributed by atoms with E-state index in [0.29, 0.717) is 20.1 Å². The molecule has 0 bridgehead atoms. The van der Waals surface area contributed by atoms with Gasteiger partial charge in [-0.3, -0.25) is 9.79 Å². The molecule has 0 radical (unpaired) electrons. The number of carbonyl (C=O) groups excluding carboxylic acids is 1. The van der Waals surface area contributed by atoms with Crippen LogP contribution in [0.5, 0.6) is 0 Å². The summed E-state index contributed by atoms with van der Waals surface area (Å²) in [6, 6.07) is 5.21. The van der Waals surface area contributed by atoms with Crippen LogP contribution in [0.2, 0.25) is 10.0 Å². The number of hydrogen-bond donors (Lipinski definition) is 1. The average molecular weight is 287 g/mol. The van der Waals surface area contributed by atoms with Crippen LogP contribution in [0, 0.1) is 0 Å². The molecule has 1 aliphatic heterocycles. The van der Waals surface area contributed by atoms with Crippen LogP contribution in [0.1, 0.15) is 5.56 Å². The van der Waals surface area contributed by atoms with Crippen molar-refractivity contribution in [3.05, 3.63) is 38.7 Å². The zero-order chi connectivity index (χ0) is 12.4. The Balaban J connectivity index is 2.30. The summed E-state index contributed by atoms with van der Waals surface area (Å²) in [5, 5.41) is 4.21. The Labute approximate surface area is 113 Å². The minimum Gasteiger partial charge on any atom is -0.301 e. The van der Waals surface area contributed by atoms with Crippen molar-refractivity contribution in [3.63, 3.8) is 0 Å². The van der Waals surface area contributed by atoms with Crippen molar-refractivity contribution >= 4 is 52.1 Å². The molecule has 1 saturated heterocycles. The number of amides is 1. The number of nitrogens with one attached hydrogen (secondary N) is 1. The highest BCUT2D eigenvalue weighted by Gasteiger charge is 2.22. The van der Waals surface area contributed by atoms with Crippen LogP contribution in [0.4, 0.5) is 0 Å². The van der Waals surface area contributed by atoms with Gasteiger partial charge in [0.15, 0.2) is 5.17 Å². The number of hydrogen-bond acceptors (Lipinski definition) is 3. The lowest BCUT2D eigenvalue weighted by Gasteiger charge is -1.98. The van der Waals surface area contributed by atoms with Crippen LogP contribution in [-0.2, 0) is 4.79 Å². The summed E-state index contributed by atoms with van der Waals surface area (Å²) in [5.74, 6) is -0.151. The number of benzene rings is 1. The van der Waals surface area contributed by atoms with Crippen molar-refractivity contribution in [2.45, 2.75) is 0 Å². The quantitative estimate of drug-likeness (QED) is 0.806. The maximum atomic E-state index is 11.6. The first-order valence-electron chi connectivity index (χ1n) is 4.73. The maximum Gasteiger partial charge on any atom is 0.264 e. The monoisotopic (exact) mass is 286 g/mol. The zero-order valence-electron chi connectivity index (χ0n) is 8.83. The van der Waals surface area contributed by atoms with E-state index in [1.54, 1.807) is 31.3 Å². The van der Waals surface area contributed by atoms with Crippen molar-refractivity contribution in [2.75, 3.05) is 7.05 Å². The molecule has 0 spiro atoms. The van der Waals surface area contributed by atoms with Crippen LogP contribution in [0.3, 0.4) is 0 Å². The smallest absolute Gasteiger partial charge is 0.264 e. The summed E-state index contributed by atoms with van der Waals surface area (Å²) in [4.78, 5) is 16.1. The fraction of sp³-hybridized carbons (Fsp3) is 0.0909. The minimum absolute atomic E-state index is 0.151. The Bertz CT molecular complexity index is 540. The Morgan fingerprint density at radius 1 is 1.35 bits per heavy atom. The molecule has 3 nitrogen and oxygen atoms in total. The van der Waals surface area contributed by atoms with Gasteiger partial charge in [0, 0.05) is 7.05 Å². The molecule has 1 amide bonds. The van der Waals surface area contributed by atoms with Gasteiger partial charge in [0.1, 0.15) is 0 Å². The second-order valence-corrected chi connectivity index (χ2v) is 5.11. The van der Waals surface area contributed by atoms with Gasteiger partial charge in [-0.15, -0.1) is 0 Å². The molecule has 6 heteroatoms. The van der Waals surface area contributed by atoms with E-state index in [-0.39, 0.29) is 5.91 Å². The third-order valence-corrected chi connectivity index (χ3v) is 3.84. The molecular weight excluding hydrogens is 279 g/mol. The number of carbonyl (C=O) groups is 1. The molecule has 0 saturated carbocycles. The summed E-state index contributed by atoms with van der Waals surface area (Å²) < 4.78 is 0. The molecule has 1 heterocycles. The molecule has 0 aliphatic carbocycles. The first-order valence-corrected chi connectivity index (χ1v) is 6.30. The molecule has 1 aromatic carbocycles. The van der Waals surface area contributed by atoms with Gasteiger partial charge >= 0.3 is 0 Å². The van der Waals surface area contributed by atoms with Crippen LogP contribution in [-0.4, -0.2) is 18.1 Å². The summed E-state index contributed by atoms with van der Waals surface area (Å²) >= 11 is 13.0. The lowest BCUT2D eigenvalue weighted by Crippen LogP contribution is -2.19. The summed E-state index contributed by atoms with van der Waals surface area (Å²) in [5.41, 5.74) is 0.828. The van der Waals surface area contributed by atoms with Crippen molar-refractivity contribution < 1.29 is 4.79 Å². The number of nitrogens with zero attached hydrogens (tertiary/aromatic N) is 1. The topological polar surface area (TPSA) is 41.5 Å². The molecular formula is C11H8Cl2N2OS. The number of rotatable bonds is 1. The van der Waals surface area contributed by atoms with Gasteiger partial charge in [0.05, 0.1) is 15.0 Å². The predicted molar refractivity (Wildman–Crippen MR) is 73.5 cm³/mol. The first kappa shape index (κ1) is 12.5. The maximum absolute atomic E-state index is 11.6. The van der Waals surface area contributed by atoms with Crippen molar-refractivity contribution in [1.29, 1.82) is 0 Å². The van der Waals surface area contributed by atoms with Gasteiger partial charge in [-0.25, -0.2) is 0 Å². The lowest BCUT2D eigenvalue weighted by molar-refractivity contribution is -0.115. The fourth-order valence-corrected chi connectivity index (χ4v) is 2.37. The van der Waals surface area contributed by atoms with Crippen LogP contribution < -0.4 is 5.32 Å². The molecule has 0 atom stereocenters. The predicted octanol–water partition coefficient (Wildman–Crippen LogP) is 3.18. The second-order valence-electron chi connectivity index (χ2n) is 3.27. The highest BCUT2D eigenvalue weighted by molar-refractivity contribution is 8.18. The van der Waals surface area contributed by atoms with Gasteiger partial charge in [-0.2, -0.15) is 0 Å². The standard InChI is InChI=1S/C11H8Cl2N2OS/c1-14-11-15-10(16)9(17-11)5-6-2-3-7(12)8(13)4-6/h2-5H,1H3,(H,14,15,16)/b9-5-. The number of aliphatic imine (C=N–C) groups is 1. The van der Waals surface area contributed by atoms with Crippen LogP contribution >= 0.6 is 35.0 Å². The normalized spacial score (nSPS) is 20.1. The van der Waals surface area contributed by atoms with Crippen molar-refractivity contribution in [3.8, 4) is 0 Å². The average Bonchev–Trinajstić information content (AvgIpc) is 2.65. The lowest BCUT2D eigenvalue weighted by atomic mass is 10.2. The molecule has 1 aliphatic rings. The van der Waals surface area contributed by atoms with E-state index in [1.807, 2.05) is 0 Å². The van der Waals surface area contributed by atoms with Gasteiger partial charge in [0.2, 0.25) is 0 Å². The molecule has 1 aromatic rings. The van der Waals surface area contributed by atoms with E-state index in [9.17, 15) is 4.79 Å². The fourth-order valence-electron chi connectivity index (χ4n) is 1.28. The van der Waals surface area contributed by atoms with E-state index in [4.69, 9.17) is 23.2 Å². The largest absolute Gasteiger partial charge is 0.301 e. The highest BCUT2D eigenvalue weighted by Crippen LogP contribution is 2.28. The highest BCUT2D eigenvalue weighted by atomic mass is 35.5. The van der Waals surface area contributed by atoms with Gasteiger partial charge in [0.25, 0.3) is 5.91 Å². The van der Waals surface area contributed by atoms with E-state index in [2.05, 4.69) is 10.3 Å². The number of amidine groups is 1. The third-order valence-electron chi connectivity index (χ3n) is 2.10. The summed E-state index contributed by atoms with van der Waals surface area (Å²) in [6.45, 7) is 0. The molecule has 1 fully saturated rings. The number of halogens is 2. The molecule has 2 rings (SSSR count). The van der Waals surface area contributed by atoms with E-state index >= 15 is 0 Å². The van der Waals surface area contributed by atoms with E-state index in [0.717, 1.165) is 5.56 Å². The van der Waals surface area contributed by atoms with Gasteiger partial charge < -0.3 is 5.32 Å². The summed E-state index contributed by atoms with van der Waals surface area (Å²) in [6.07, 6.45) is 1.75. The molecule has 1 N–H and O–H groups in total. The Hall–Kier alpha value is -0.970. The molecule has 0 aromatic heterocycles. The third kappa shape index (κ3) is 2.83. The van der Waals surface area contributed by atoms with Gasteiger partial charge in [-0.1, -0.05) is 29.3 Å². The second kappa shape index (κ2) is 5.12. The minimum atomic E-state index is -0.151. The van der Waals surface area contributed by atoms with E-state index < -0.39 is 0 Å². The van der Waals surface area contributed by atoms with E-state index in [1.165, 1.54) is 11.8 Å². The Morgan fingerprint density at radius 2 is 2.12 bits per heavy atom. The van der Waals surface area contributed by atoms with Crippen LogP contribution in [0.25, 0.3) is 6.08 Å². The van der Waals surface area contributed by atoms with Crippen molar-refractivity contribution in [2.24, 2.45) is 4.99 Å². The molecule has 0 unspecified atom stereocenters. The molecule has 17 heavy (non-hydrogen) atoms. The Kier molecular flexibility index (Phi) is 3.76. The number of thioether (sulfide) groups is 1. The zero-order valence-corrected chi connectivity index (χ0v) is 11.2. The summed E-state index contributed by atoms with van der Waals surface area (Å²) in [7, 11) is 1.63. The molecule has 88 valence electrons. The SMILES string of the molecule is CN=C1NC(=O)/C(=C/c2ccc(Cl)c(Cl)c2)S1. The first-order chi connectivity index (χ1) is 8.10.